The molecule has 0 aliphatic heterocycles. The molecule has 0 saturated carbocycles. The SMILES string of the molecule is CC(C)(C)c1cc(F)c(NC(=O)c2c[nH]c3cc(C#N)ccc3c2=O)cc1O.Cc1ccc(C(F)(F)F)cc1NC(=O)c1c[nH]c2ccc(F)cc2c1=O. The molecule has 276 valence electrons. The summed E-state index contributed by atoms with van der Waals surface area (Å²) >= 11 is 0. The van der Waals surface area contributed by atoms with Gasteiger partial charge in [0.25, 0.3) is 11.8 Å². The van der Waals surface area contributed by atoms with E-state index in [0.29, 0.717) is 27.7 Å². The Hall–Kier alpha value is -6.82. The fourth-order valence-electron chi connectivity index (χ4n) is 5.39. The molecular formula is C39H30F5N5O5. The third-order valence-corrected chi connectivity index (χ3v) is 8.30. The number of aromatic amines is 2. The third kappa shape index (κ3) is 8.13. The molecule has 0 fully saturated rings. The molecular weight excluding hydrogens is 713 g/mol. The maximum atomic E-state index is 14.4. The first-order valence-electron chi connectivity index (χ1n) is 16.0. The molecule has 2 aromatic heterocycles. The van der Waals surface area contributed by atoms with Gasteiger partial charge in [0.05, 0.1) is 28.4 Å². The number of aromatic nitrogens is 2. The fraction of sp³-hybridized carbons (Fsp3) is 0.154. The number of hydrogen-bond donors (Lipinski definition) is 5. The lowest BCUT2D eigenvalue weighted by atomic mass is 9.86. The minimum Gasteiger partial charge on any atom is -0.508 e. The molecule has 10 nitrogen and oxygen atoms in total. The number of benzene rings is 4. The smallest absolute Gasteiger partial charge is 0.416 e. The maximum Gasteiger partial charge on any atom is 0.416 e. The zero-order valence-corrected chi connectivity index (χ0v) is 28.9. The first kappa shape index (κ1) is 38.4. The van der Waals surface area contributed by atoms with Gasteiger partial charge in [0.15, 0.2) is 0 Å². The molecule has 0 bridgehead atoms. The molecule has 2 amide bonds. The van der Waals surface area contributed by atoms with E-state index in [-0.39, 0.29) is 39.0 Å². The van der Waals surface area contributed by atoms with Crippen molar-refractivity contribution in [3.05, 3.63) is 145 Å². The van der Waals surface area contributed by atoms with Crippen LogP contribution in [0.4, 0.5) is 33.3 Å². The molecule has 0 spiro atoms. The number of phenols is 1. The van der Waals surface area contributed by atoms with Crippen molar-refractivity contribution in [3.8, 4) is 11.8 Å². The van der Waals surface area contributed by atoms with Gasteiger partial charge in [-0.15, -0.1) is 0 Å². The molecule has 15 heteroatoms. The van der Waals surface area contributed by atoms with Crippen LogP contribution in [0.1, 0.15) is 63.7 Å². The van der Waals surface area contributed by atoms with Crippen molar-refractivity contribution in [2.75, 3.05) is 10.6 Å². The Kier molecular flexibility index (Phi) is 10.4. The number of phenolic OH excluding ortho intramolecular Hbond substituents is 1. The average Bonchev–Trinajstić information content (AvgIpc) is 3.10. The van der Waals surface area contributed by atoms with Gasteiger partial charge < -0.3 is 25.7 Å². The van der Waals surface area contributed by atoms with E-state index in [2.05, 4.69) is 20.6 Å². The summed E-state index contributed by atoms with van der Waals surface area (Å²) in [5.74, 6) is -3.21. The van der Waals surface area contributed by atoms with E-state index in [9.17, 15) is 46.2 Å². The fourth-order valence-corrected chi connectivity index (χ4v) is 5.39. The number of aryl methyl sites for hydroxylation is 1. The van der Waals surface area contributed by atoms with Crippen molar-refractivity contribution in [1.82, 2.24) is 9.97 Å². The summed E-state index contributed by atoms with van der Waals surface area (Å²) in [6.45, 7) is 7.00. The molecule has 0 atom stereocenters. The van der Waals surface area contributed by atoms with Crippen LogP contribution in [0.5, 0.6) is 5.75 Å². The second-order valence-corrected chi connectivity index (χ2v) is 13.2. The molecule has 0 radical (unpaired) electrons. The van der Waals surface area contributed by atoms with E-state index < -0.39 is 51.5 Å². The zero-order chi connectivity index (χ0) is 39.7. The lowest BCUT2D eigenvalue weighted by molar-refractivity contribution is -0.137. The molecule has 0 aliphatic rings. The number of hydrogen-bond acceptors (Lipinski definition) is 6. The van der Waals surface area contributed by atoms with Gasteiger partial charge in [-0.25, -0.2) is 8.78 Å². The van der Waals surface area contributed by atoms with Crippen molar-refractivity contribution in [1.29, 1.82) is 5.26 Å². The van der Waals surface area contributed by atoms with Crippen LogP contribution in [0.25, 0.3) is 21.8 Å². The minimum absolute atomic E-state index is 0.0292. The number of alkyl halides is 3. The Labute approximate surface area is 302 Å². The summed E-state index contributed by atoms with van der Waals surface area (Å²) < 4.78 is 66.3. The van der Waals surface area contributed by atoms with Crippen LogP contribution in [0.15, 0.2) is 88.7 Å². The number of H-pyrrole nitrogens is 2. The number of carbonyl (C=O) groups is 2. The van der Waals surface area contributed by atoms with Gasteiger partial charge in [-0.2, -0.15) is 18.4 Å². The molecule has 0 aliphatic carbocycles. The number of rotatable bonds is 4. The number of nitriles is 1. The van der Waals surface area contributed by atoms with E-state index in [1.54, 1.807) is 0 Å². The number of halogens is 5. The number of pyridine rings is 2. The Morgan fingerprint density at radius 3 is 1.98 bits per heavy atom. The van der Waals surface area contributed by atoms with Crippen molar-refractivity contribution in [3.63, 3.8) is 0 Å². The van der Waals surface area contributed by atoms with Crippen LogP contribution >= 0.6 is 0 Å². The third-order valence-electron chi connectivity index (χ3n) is 8.30. The summed E-state index contributed by atoms with van der Waals surface area (Å²) in [6, 6.07) is 15.1. The van der Waals surface area contributed by atoms with E-state index in [1.165, 1.54) is 49.5 Å². The number of aromatic hydroxyl groups is 1. The van der Waals surface area contributed by atoms with Gasteiger partial charge in [-0.05, 0) is 72.5 Å². The first-order valence-corrected chi connectivity index (χ1v) is 16.0. The lowest BCUT2D eigenvalue weighted by Gasteiger charge is -2.21. The van der Waals surface area contributed by atoms with Gasteiger partial charge in [0.2, 0.25) is 10.9 Å². The Bertz CT molecular complexity index is 2640. The molecule has 2 heterocycles. The molecule has 0 saturated heterocycles. The van der Waals surface area contributed by atoms with Crippen LogP contribution in [0.2, 0.25) is 0 Å². The van der Waals surface area contributed by atoms with Crippen LogP contribution < -0.4 is 21.5 Å². The van der Waals surface area contributed by atoms with E-state index in [4.69, 9.17) is 5.26 Å². The normalized spacial score (nSPS) is 11.4. The van der Waals surface area contributed by atoms with Crippen molar-refractivity contribution < 1.29 is 36.6 Å². The Morgan fingerprint density at radius 1 is 0.759 bits per heavy atom. The second kappa shape index (κ2) is 14.7. The molecule has 5 N–H and O–H groups in total. The van der Waals surface area contributed by atoms with Crippen molar-refractivity contribution in [2.45, 2.75) is 39.3 Å². The molecule has 6 aromatic rings. The van der Waals surface area contributed by atoms with E-state index in [1.807, 2.05) is 26.8 Å². The highest BCUT2D eigenvalue weighted by Crippen LogP contribution is 2.35. The number of amides is 2. The van der Waals surface area contributed by atoms with Gasteiger partial charge in [0, 0.05) is 46.0 Å². The molecule has 0 unspecified atom stereocenters. The number of fused-ring (bicyclic) bond motifs is 2. The number of nitrogens with zero attached hydrogens (tertiary/aromatic N) is 1. The standard InChI is InChI=1S/C21H18FN3O3.C18H12F4N2O2/c1-21(2,3)14-7-15(22)17(8-18(14)26)25-20(28)13-10-24-16-6-11(9-23)4-5-12(16)19(13)27;1-9-2-3-10(18(20,21)22)6-15(9)24-17(26)13-8-23-14-5-4-11(19)7-12(14)16(13)25/h4-8,10,26H,1-3H3,(H,24,27)(H,25,28);2-8H,1H3,(H,23,25)(H,24,26). The van der Waals surface area contributed by atoms with E-state index >= 15 is 0 Å². The summed E-state index contributed by atoms with van der Waals surface area (Å²) in [4.78, 5) is 55.4. The number of carbonyl (C=O) groups excluding carboxylic acids is 2. The van der Waals surface area contributed by atoms with Gasteiger partial charge in [-0.1, -0.05) is 26.8 Å². The van der Waals surface area contributed by atoms with Crippen LogP contribution in [-0.2, 0) is 11.6 Å². The first-order chi connectivity index (χ1) is 25.3. The van der Waals surface area contributed by atoms with E-state index in [0.717, 1.165) is 36.5 Å². The van der Waals surface area contributed by atoms with Crippen LogP contribution in [0.3, 0.4) is 0 Å². The average molecular weight is 744 g/mol. The monoisotopic (exact) mass is 743 g/mol. The zero-order valence-electron chi connectivity index (χ0n) is 28.9. The van der Waals surface area contributed by atoms with Gasteiger partial charge >= 0.3 is 6.18 Å². The topological polar surface area (TPSA) is 168 Å². The summed E-state index contributed by atoms with van der Waals surface area (Å²) in [5.41, 5.74) is -1.59. The predicted molar refractivity (Wildman–Crippen MR) is 193 cm³/mol. The predicted octanol–water partition coefficient (Wildman–Crippen LogP) is 8.04. The molecule has 6 rings (SSSR count). The number of anilines is 2. The number of nitrogens with one attached hydrogen (secondary N) is 4. The lowest BCUT2D eigenvalue weighted by Crippen LogP contribution is -2.22. The maximum absolute atomic E-state index is 14.4. The second-order valence-electron chi connectivity index (χ2n) is 13.2. The minimum atomic E-state index is -4.56. The summed E-state index contributed by atoms with van der Waals surface area (Å²) in [5, 5.41) is 23.9. The van der Waals surface area contributed by atoms with Crippen molar-refractivity contribution in [2.24, 2.45) is 0 Å². The highest BCUT2D eigenvalue weighted by molar-refractivity contribution is 6.06. The highest BCUT2D eigenvalue weighted by atomic mass is 19.4. The van der Waals surface area contributed by atoms with Crippen molar-refractivity contribution >= 4 is 45.0 Å². The summed E-state index contributed by atoms with van der Waals surface area (Å²) in [7, 11) is 0. The Morgan fingerprint density at radius 2 is 1.37 bits per heavy atom. The summed E-state index contributed by atoms with van der Waals surface area (Å²) in [6.07, 6.45) is -2.21. The van der Waals surface area contributed by atoms with Gasteiger partial charge in [0.1, 0.15) is 28.5 Å². The quantitative estimate of drug-likeness (QED) is 0.115. The van der Waals surface area contributed by atoms with Crippen LogP contribution in [-0.4, -0.2) is 26.9 Å². The van der Waals surface area contributed by atoms with Gasteiger partial charge in [-0.3, -0.25) is 19.2 Å². The molecule has 54 heavy (non-hydrogen) atoms. The largest absolute Gasteiger partial charge is 0.508 e. The Balaban J connectivity index is 0.000000208. The molecule has 4 aromatic carbocycles. The highest BCUT2D eigenvalue weighted by Gasteiger charge is 2.31. The van der Waals surface area contributed by atoms with Crippen LogP contribution in [0, 0.1) is 29.9 Å².